The Kier molecular flexibility index (Phi) is 3.69. The predicted octanol–water partition coefficient (Wildman–Crippen LogP) is 3.33. The average Bonchev–Trinajstić information content (AvgIpc) is 2.19. The van der Waals surface area contributed by atoms with Crippen LogP contribution in [-0.2, 0) is 0 Å². The lowest BCUT2D eigenvalue weighted by molar-refractivity contribution is 0.754. The van der Waals surface area contributed by atoms with Crippen LogP contribution in [0, 0.1) is 12.8 Å². The van der Waals surface area contributed by atoms with Crippen LogP contribution in [-0.4, -0.2) is 6.21 Å². The molecule has 0 spiro atoms. The number of benzene rings is 1. The van der Waals surface area contributed by atoms with Crippen molar-refractivity contribution in [3.05, 3.63) is 23.8 Å². The van der Waals surface area contributed by atoms with E-state index in [1.807, 2.05) is 31.3 Å². The number of rotatable bonds is 3. The third-order valence-corrected chi connectivity index (χ3v) is 2.35. The van der Waals surface area contributed by atoms with Gasteiger partial charge in [-0.3, -0.25) is 4.99 Å². The Morgan fingerprint density at radius 3 is 2.86 bits per heavy atom. The van der Waals surface area contributed by atoms with Gasteiger partial charge in [-0.15, -0.1) is 0 Å². The fraction of sp³-hybridized carbons (Fsp3) is 0.417. The van der Waals surface area contributed by atoms with Crippen molar-refractivity contribution in [2.45, 2.75) is 27.2 Å². The molecule has 1 aromatic rings. The van der Waals surface area contributed by atoms with E-state index in [0.717, 1.165) is 17.8 Å². The van der Waals surface area contributed by atoms with Gasteiger partial charge in [-0.05, 0) is 37.0 Å². The van der Waals surface area contributed by atoms with Crippen LogP contribution in [0.2, 0.25) is 0 Å². The first-order chi connectivity index (χ1) is 6.63. The molecule has 0 bridgehead atoms. The number of anilines is 1. The van der Waals surface area contributed by atoms with E-state index < -0.39 is 0 Å². The summed E-state index contributed by atoms with van der Waals surface area (Å²) in [7, 11) is 0. The quantitative estimate of drug-likeness (QED) is 0.576. The second-order valence-corrected chi connectivity index (χ2v) is 3.71. The first kappa shape index (κ1) is 10.8. The maximum atomic E-state index is 5.69. The molecule has 0 aromatic heterocycles. The van der Waals surface area contributed by atoms with Crippen molar-refractivity contribution in [3.8, 4) is 0 Å². The van der Waals surface area contributed by atoms with Gasteiger partial charge in [0.15, 0.2) is 0 Å². The molecule has 0 fully saturated rings. The van der Waals surface area contributed by atoms with Gasteiger partial charge in [-0.2, -0.15) is 0 Å². The van der Waals surface area contributed by atoms with Crippen molar-refractivity contribution >= 4 is 17.6 Å². The van der Waals surface area contributed by atoms with Gasteiger partial charge in [0, 0.05) is 11.9 Å². The van der Waals surface area contributed by atoms with E-state index in [1.54, 1.807) is 0 Å². The van der Waals surface area contributed by atoms with E-state index in [1.165, 1.54) is 5.56 Å². The van der Waals surface area contributed by atoms with Crippen LogP contribution in [0.4, 0.5) is 11.4 Å². The molecule has 1 atom stereocenters. The number of nitrogen functional groups attached to an aromatic ring is 1. The molecule has 0 aliphatic carbocycles. The van der Waals surface area contributed by atoms with Crippen LogP contribution < -0.4 is 5.73 Å². The zero-order valence-electron chi connectivity index (χ0n) is 9.12. The van der Waals surface area contributed by atoms with Crippen molar-refractivity contribution in [1.82, 2.24) is 0 Å². The van der Waals surface area contributed by atoms with E-state index in [4.69, 9.17) is 5.73 Å². The Hall–Kier alpha value is -1.31. The van der Waals surface area contributed by atoms with Crippen molar-refractivity contribution in [1.29, 1.82) is 0 Å². The highest BCUT2D eigenvalue weighted by molar-refractivity contribution is 5.68. The van der Waals surface area contributed by atoms with Crippen molar-refractivity contribution in [3.63, 3.8) is 0 Å². The summed E-state index contributed by atoms with van der Waals surface area (Å²) >= 11 is 0. The lowest BCUT2D eigenvalue weighted by atomic mass is 10.1. The van der Waals surface area contributed by atoms with Gasteiger partial charge in [0.25, 0.3) is 0 Å². The van der Waals surface area contributed by atoms with Gasteiger partial charge < -0.3 is 5.73 Å². The Balaban J connectivity index is 2.85. The Morgan fingerprint density at radius 2 is 2.21 bits per heavy atom. The monoisotopic (exact) mass is 190 g/mol. The highest BCUT2D eigenvalue weighted by Gasteiger charge is 1.97. The summed E-state index contributed by atoms with van der Waals surface area (Å²) in [5, 5.41) is 0. The summed E-state index contributed by atoms with van der Waals surface area (Å²) in [6.07, 6.45) is 3.10. The molecule has 0 heterocycles. The molecule has 0 saturated heterocycles. The van der Waals surface area contributed by atoms with E-state index in [-0.39, 0.29) is 0 Å². The maximum absolute atomic E-state index is 5.69. The molecule has 1 aromatic carbocycles. The second-order valence-electron chi connectivity index (χ2n) is 3.71. The third-order valence-electron chi connectivity index (χ3n) is 2.35. The topological polar surface area (TPSA) is 38.4 Å². The van der Waals surface area contributed by atoms with Crippen LogP contribution in [0.3, 0.4) is 0 Å². The Morgan fingerprint density at radius 1 is 1.50 bits per heavy atom. The molecule has 0 aliphatic heterocycles. The van der Waals surface area contributed by atoms with Crippen LogP contribution in [0.25, 0.3) is 0 Å². The standard InChI is InChI=1S/C12H18N2/c1-4-9(2)8-14-12-7-11(13)6-5-10(12)3/h5-9H,4,13H2,1-3H3. The number of nitrogens with zero attached hydrogens (tertiary/aromatic N) is 1. The third kappa shape index (κ3) is 2.87. The molecular formula is C12H18N2. The minimum Gasteiger partial charge on any atom is -0.399 e. The normalized spacial score (nSPS) is 13.4. The Bertz CT molecular complexity index is 329. The minimum absolute atomic E-state index is 0.524. The number of hydrogen-bond donors (Lipinski definition) is 1. The first-order valence-electron chi connectivity index (χ1n) is 5.03. The zero-order chi connectivity index (χ0) is 10.6. The van der Waals surface area contributed by atoms with Crippen molar-refractivity contribution in [2.75, 3.05) is 5.73 Å². The number of hydrogen-bond acceptors (Lipinski definition) is 2. The fourth-order valence-corrected chi connectivity index (χ4v) is 1.08. The molecule has 2 nitrogen and oxygen atoms in total. The molecule has 0 amide bonds. The van der Waals surface area contributed by atoms with Crippen LogP contribution in [0.5, 0.6) is 0 Å². The SMILES string of the molecule is CCC(C)C=Nc1cc(N)ccc1C. The van der Waals surface area contributed by atoms with Gasteiger partial charge in [0.1, 0.15) is 0 Å². The lowest BCUT2D eigenvalue weighted by Gasteiger charge is -2.03. The van der Waals surface area contributed by atoms with E-state index in [2.05, 4.69) is 18.8 Å². The van der Waals surface area contributed by atoms with Crippen molar-refractivity contribution < 1.29 is 0 Å². The smallest absolute Gasteiger partial charge is 0.0675 e. The molecule has 0 saturated carbocycles. The fourth-order valence-electron chi connectivity index (χ4n) is 1.08. The lowest BCUT2D eigenvalue weighted by Crippen LogP contribution is -1.92. The molecule has 1 rings (SSSR count). The van der Waals surface area contributed by atoms with Crippen LogP contribution in [0.15, 0.2) is 23.2 Å². The molecule has 1 unspecified atom stereocenters. The van der Waals surface area contributed by atoms with Crippen LogP contribution >= 0.6 is 0 Å². The molecule has 0 aliphatic rings. The molecule has 0 radical (unpaired) electrons. The van der Waals surface area contributed by atoms with E-state index in [0.29, 0.717) is 5.92 Å². The van der Waals surface area contributed by atoms with Crippen LogP contribution in [0.1, 0.15) is 25.8 Å². The molecule has 2 heteroatoms. The molecule has 76 valence electrons. The predicted molar refractivity (Wildman–Crippen MR) is 63.2 cm³/mol. The summed E-state index contributed by atoms with van der Waals surface area (Å²) < 4.78 is 0. The summed E-state index contributed by atoms with van der Waals surface area (Å²) in [6.45, 7) is 6.36. The first-order valence-corrected chi connectivity index (χ1v) is 5.03. The largest absolute Gasteiger partial charge is 0.399 e. The van der Waals surface area contributed by atoms with E-state index in [9.17, 15) is 0 Å². The summed E-state index contributed by atoms with van der Waals surface area (Å²) in [6, 6.07) is 5.81. The number of aliphatic imine (C=N–C) groups is 1. The average molecular weight is 190 g/mol. The van der Waals surface area contributed by atoms with Gasteiger partial charge in [-0.1, -0.05) is 19.9 Å². The van der Waals surface area contributed by atoms with Gasteiger partial charge >= 0.3 is 0 Å². The highest BCUT2D eigenvalue weighted by atomic mass is 14.7. The maximum Gasteiger partial charge on any atom is 0.0675 e. The summed E-state index contributed by atoms with van der Waals surface area (Å²) in [5.74, 6) is 0.524. The van der Waals surface area contributed by atoms with Gasteiger partial charge in [0.2, 0.25) is 0 Å². The molecule has 14 heavy (non-hydrogen) atoms. The molecular weight excluding hydrogens is 172 g/mol. The summed E-state index contributed by atoms with van der Waals surface area (Å²) in [5.41, 5.74) is 8.61. The number of nitrogens with two attached hydrogens (primary N) is 1. The molecule has 2 N–H and O–H groups in total. The van der Waals surface area contributed by atoms with Crippen molar-refractivity contribution in [2.24, 2.45) is 10.9 Å². The van der Waals surface area contributed by atoms with E-state index >= 15 is 0 Å². The summed E-state index contributed by atoms with van der Waals surface area (Å²) in [4.78, 5) is 4.43. The zero-order valence-corrected chi connectivity index (χ0v) is 9.12. The van der Waals surface area contributed by atoms with Gasteiger partial charge in [0.05, 0.1) is 5.69 Å². The second kappa shape index (κ2) is 4.80. The highest BCUT2D eigenvalue weighted by Crippen LogP contribution is 2.21. The minimum atomic E-state index is 0.524. The Labute approximate surface area is 85.9 Å². The van der Waals surface area contributed by atoms with Gasteiger partial charge in [-0.25, -0.2) is 0 Å². The number of aryl methyl sites for hydroxylation is 1.